The van der Waals surface area contributed by atoms with Crippen LogP contribution in [0.3, 0.4) is 0 Å². The monoisotopic (exact) mass is 601 g/mol. The minimum atomic E-state index is -4.77. The maximum absolute atomic E-state index is 13.4. The van der Waals surface area contributed by atoms with Crippen molar-refractivity contribution in [2.45, 2.75) is 89.8 Å². The molecule has 10 heteroatoms. The van der Waals surface area contributed by atoms with E-state index in [9.17, 15) is 19.1 Å². The zero-order valence-corrected chi connectivity index (χ0v) is 25.4. The molecule has 7 nitrogen and oxygen atoms in total. The van der Waals surface area contributed by atoms with Gasteiger partial charge < -0.3 is 14.4 Å². The summed E-state index contributed by atoms with van der Waals surface area (Å²) < 4.78 is 13.8. The summed E-state index contributed by atoms with van der Waals surface area (Å²) in [6, 6.07) is 8.04. The standard InChI is InChI=1S/C27H38N3O4P.2V/c1-27(2)18-11-10-17(22(27)14-18)12-13-29-19-6-5-7-20(29)16-21(15-19)30-24-9-4-3-8-23(24)28-25(26(30)31)35(32,33)34;;/h3-4,8-9,17-22H,5-7,10-16H2,1-2H3,(H2,32,33,34);;/t17-,18-,19-,20+,21?,22-;;/m0../s1. The average molecular weight is 601 g/mol. The number of piperidine rings is 2. The van der Waals surface area contributed by atoms with Crippen LogP contribution in [0.2, 0.25) is 0 Å². The Morgan fingerprint density at radius 3 is 2.30 bits per heavy atom. The van der Waals surface area contributed by atoms with Crippen LogP contribution in [0.25, 0.3) is 11.0 Å². The zero-order valence-electron chi connectivity index (χ0n) is 21.7. The number of nitrogens with zero attached hydrogens (tertiary/aromatic N) is 3. The van der Waals surface area contributed by atoms with Gasteiger partial charge >= 0.3 is 7.60 Å². The van der Waals surface area contributed by atoms with Gasteiger partial charge in [-0.2, -0.15) is 0 Å². The van der Waals surface area contributed by atoms with Crippen LogP contribution in [-0.2, 0) is 41.7 Å². The van der Waals surface area contributed by atoms with Crippen molar-refractivity contribution in [2.24, 2.45) is 23.2 Å². The molecule has 7 rings (SSSR count). The normalized spacial score (nSPS) is 32.6. The number of fused-ring (bicyclic) bond motifs is 5. The van der Waals surface area contributed by atoms with Gasteiger partial charge in [0.2, 0.25) is 5.44 Å². The van der Waals surface area contributed by atoms with Crippen molar-refractivity contribution in [3.05, 3.63) is 34.6 Å². The van der Waals surface area contributed by atoms with Crippen molar-refractivity contribution in [2.75, 3.05) is 6.54 Å². The molecule has 37 heavy (non-hydrogen) atoms. The van der Waals surface area contributed by atoms with Gasteiger partial charge in [-0.3, -0.25) is 14.3 Å². The Kier molecular flexibility index (Phi) is 8.72. The first-order valence-corrected chi connectivity index (χ1v) is 15.1. The van der Waals surface area contributed by atoms with Crippen molar-refractivity contribution in [3.63, 3.8) is 0 Å². The maximum Gasteiger partial charge on any atom is 0.380 e. The Hall–Kier alpha value is -0.361. The average Bonchev–Trinajstić information content (AvgIpc) is 2.81. The predicted molar refractivity (Wildman–Crippen MR) is 137 cm³/mol. The van der Waals surface area contributed by atoms with E-state index in [0.717, 1.165) is 50.0 Å². The SMILES string of the molecule is CC1(C)[C@H]2CC[C@@H](CCN3[C@@H]4CCC[C@H]3CC(n3c(=O)c(P(=O)(O)O)nc5ccccc53)C4)[C@@H]1C2.[V].[V]. The largest absolute Gasteiger partial charge is 0.380 e. The van der Waals surface area contributed by atoms with E-state index in [0.29, 0.717) is 28.5 Å². The molecule has 5 fully saturated rings. The molecule has 2 radical (unpaired) electrons. The van der Waals surface area contributed by atoms with Gasteiger partial charge in [-0.05, 0) is 93.2 Å². The molecule has 1 aromatic carbocycles. The van der Waals surface area contributed by atoms with Crippen LogP contribution in [0.5, 0.6) is 0 Å². The summed E-state index contributed by atoms with van der Waals surface area (Å²) in [6.45, 7) is 6.09. The second kappa shape index (κ2) is 10.9. The van der Waals surface area contributed by atoms with E-state index in [2.05, 4.69) is 23.7 Å². The van der Waals surface area contributed by atoms with E-state index >= 15 is 0 Å². The van der Waals surface area contributed by atoms with Crippen molar-refractivity contribution < 1.29 is 51.5 Å². The summed E-state index contributed by atoms with van der Waals surface area (Å²) in [4.78, 5) is 39.9. The Morgan fingerprint density at radius 1 is 1.00 bits per heavy atom. The van der Waals surface area contributed by atoms with E-state index in [1.807, 2.05) is 12.1 Å². The molecule has 2 aliphatic heterocycles. The first-order valence-electron chi connectivity index (χ1n) is 13.5. The second-order valence-electron chi connectivity index (χ2n) is 12.2. The van der Waals surface area contributed by atoms with Crippen LogP contribution in [0.15, 0.2) is 29.1 Å². The Morgan fingerprint density at radius 2 is 1.68 bits per heavy atom. The fourth-order valence-electron chi connectivity index (χ4n) is 8.34. The van der Waals surface area contributed by atoms with E-state index in [-0.39, 0.29) is 43.2 Å². The molecule has 0 amide bonds. The van der Waals surface area contributed by atoms with Crippen LogP contribution in [0.4, 0.5) is 0 Å². The van der Waals surface area contributed by atoms with Crippen LogP contribution in [-0.4, -0.2) is 42.9 Å². The summed E-state index contributed by atoms with van der Waals surface area (Å²) in [5.74, 6) is 2.66. The van der Waals surface area contributed by atoms with Crippen molar-refractivity contribution in [1.82, 2.24) is 14.5 Å². The topological polar surface area (TPSA) is 95.7 Å². The second-order valence-corrected chi connectivity index (χ2v) is 13.7. The van der Waals surface area contributed by atoms with Crippen LogP contribution >= 0.6 is 7.60 Å². The zero-order chi connectivity index (χ0) is 24.5. The fraction of sp³-hybridized carbons (Fsp3) is 0.704. The minimum absolute atomic E-state index is 0. The van der Waals surface area contributed by atoms with Gasteiger partial charge in [0.1, 0.15) is 0 Å². The molecule has 2 saturated heterocycles. The van der Waals surface area contributed by atoms with E-state index in [1.54, 1.807) is 16.7 Å². The first-order chi connectivity index (χ1) is 16.6. The molecule has 0 spiro atoms. The maximum atomic E-state index is 13.4. The molecule has 6 atom stereocenters. The molecule has 3 heterocycles. The van der Waals surface area contributed by atoms with Gasteiger partial charge in [0.05, 0.1) is 11.0 Å². The Bertz CT molecular complexity index is 1230. The number of hydrogen-bond acceptors (Lipinski definition) is 4. The van der Waals surface area contributed by atoms with E-state index < -0.39 is 18.6 Å². The summed E-state index contributed by atoms with van der Waals surface area (Å²) in [7, 11) is -4.77. The van der Waals surface area contributed by atoms with Gasteiger partial charge in [0.15, 0.2) is 0 Å². The molecule has 1 aromatic heterocycles. The number of benzene rings is 1. The predicted octanol–water partition coefficient (Wildman–Crippen LogP) is 4.21. The molecule has 4 bridgehead atoms. The summed E-state index contributed by atoms with van der Waals surface area (Å²) in [5.41, 5.74) is 0.415. The summed E-state index contributed by atoms with van der Waals surface area (Å²) in [5, 5.41) is 0. The number of para-hydroxylation sites is 2. The summed E-state index contributed by atoms with van der Waals surface area (Å²) >= 11 is 0. The fourth-order valence-corrected chi connectivity index (χ4v) is 8.94. The number of aromatic nitrogens is 2. The summed E-state index contributed by atoms with van der Waals surface area (Å²) in [6.07, 6.45) is 10.7. The number of rotatable bonds is 5. The van der Waals surface area contributed by atoms with Gasteiger partial charge in [-0.1, -0.05) is 32.4 Å². The Labute approximate surface area is 243 Å². The minimum Gasteiger partial charge on any atom is -0.320 e. The molecule has 3 aliphatic carbocycles. The molecular weight excluding hydrogens is 563 g/mol. The van der Waals surface area contributed by atoms with Crippen molar-refractivity contribution >= 4 is 24.1 Å². The van der Waals surface area contributed by atoms with Gasteiger partial charge in [-0.15, -0.1) is 0 Å². The van der Waals surface area contributed by atoms with Crippen molar-refractivity contribution in [1.29, 1.82) is 0 Å². The molecule has 200 valence electrons. The van der Waals surface area contributed by atoms with Crippen LogP contribution < -0.4 is 11.0 Å². The van der Waals surface area contributed by atoms with Gasteiger partial charge in [0, 0.05) is 55.2 Å². The number of hydrogen-bond donors (Lipinski definition) is 2. The van der Waals surface area contributed by atoms with Gasteiger partial charge in [0.25, 0.3) is 5.56 Å². The van der Waals surface area contributed by atoms with Gasteiger partial charge in [-0.25, -0.2) is 4.98 Å². The Balaban J connectivity index is 0.00000160. The smallest absolute Gasteiger partial charge is 0.320 e. The molecule has 1 unspecified atom stereocenters. The van der Waals surface area contributed by atoms with Crippen molar-refractivity contribution in [3.8, 4) is 0 Å². The van der Waals surface area contributed by atoms with Crippen LogP contribution in [0, 0.1) is 23.2 Å². The third kappa shape index (κ3) is 5.13. The molecule has 2 N–H and O–H groups in total. The molecule has 3 saturated carbocycles. The third-order valence-electron chi connectivity index (χ3n) is 10.3. The molecule has 2 aromatic rings. The van der Waals surface area contributed by atoms with Crippen LogP contribution in [0.1, 0.15) is 77.7 Å². The van der Waals surface area contributed by atoms with E-state index in [4.69, 9.17) is 0 Å². The first kappa shape index (κ1) is 29.6. The third-order valence-corrected chi connectivity index (χ3v) is 11.1. The molecule has 5 aliphatic rings. The van der Waals surface area contributed by atoms with E-state index in [1.165, 1.54) is 32.1 Å². The quantitative estimate of drug-likeness (QED) is 0.499. The molecular formula is C27H38N3O4PV2.